The highest BCUT2D eigenvalue weighted by Gasteiger charge is 2.14. The van der Waals surface area contributed by atoms with E-state index in [4.69, 9.17) is 9.47 Å². The molecule has 0 radical (unpaired) electrons. The fourth-order valence-corrected chi connectivity index (χ4v) is 2.87. The predicted octanol–water partition coefficient (Wildman–Crippen LogP) is 4.13. The van der Waals surface area contributed by atoms with Gasteiger partial charge in [0.2, 0.25) is 0 Å². The molecular weight excluding hydrogens is 302 g/mol. The van der Waals surface area contributed by atoms with Crippen LogP contribution in [0.3, 0.4) is 0 Å². The van der Waals surface area contributed by atoms with Crippen molar-refractivity contribution in [2.45, 2.75) is 19.9 Å². The number of aryl methyl sites for hydroxylation is 1. The quantitative estimate of drug-likeness (QED) is 0.765. The van der Waals surface area contributed by atoms with Gasteiger partial charge in [0.15, 0.2) is 17.3 Å². The van der Waals surface area contributed by atoms with Crippen molar-refractivity contribution in [3.8, 4) is 11.5 Å². The van der Waals surface area contributed by atoms with Crippen molar-refractivity contribution in [1.82, 2.24) is 10.2 Å². The van der Waals surface area contributed by atoms with Crippen molar-refractivity contribution >= 4 is 16.6 Å². The third-order valence-corrected chi connectivity index (χ3v) is 4.17. The van der Waals surface area contributed by atoms with Gasteiger partial charge in [-0.25, -0.2) is 0 Å². The molecule has 0 saturated heterocycles. The third kappa shape index (κ3) is 2.97. The maximum atomic E-state index is 5.41. The summed E-state index contributed by atoms with van der Waals surface area (Å²) in [5.74, 6) is 2.07. The Balaban J connectivity index is 2.02. The first-order valence-corrected chi connectivity index (χ1v) is 7.83. The monoisotopic (exact) mass is 323 g/mol. The molecule has 5 heteroatoms. The molecule has 0 aliphatic carbocycles. The van der Waals surface area contributed by atoms with Gasteiger partial charge in [0.05, 0.1) is 26.5 Å². The topological polar surface area (TPSA) is 56.3 Å². The Morgan fingerprint density at radius 2 is 1.75 bits per heavy atom. The Morgan fingerprint density at radius 3 is 2.46 bits per heavy atom. The number of methoxy groups -OCH3 is 2. The number of hydrogen-bond donors (Lipinski definition) is 1. The SMILES string of the molecule is COc1cc2cnnc(N[C@H](C)c3ccccc3C)c2cc1OC. The Labute approximate surface area is 141 Å². The second-order valence-corrected chi connectivity index (χ2v) is 5.71. The predicted molar refractivity (Wildman–Crippen MR) is 95.9 cm³/mol. The lowest BCUT2D eigenvalue weighted by atomic mass is 10.0. The van der Waals surface area contributed by atoms with E-state index in [-0.39, 0.29) is 6.04 Å². The summed E-state index contributed by atoms with van der Waals surface area (Å²) >= 11 is 0. The van der Waals surface area contributed by atoms with Gasteiger partial charge >= 0.3 is 0 Å². The van der Waals surface area contributed by atoms with Crippen LogP contribution in [0, 0.1) is 6.92 Å². The van der Waals surface area contributed by atoms with Crippen LogP contribution in [0.15, 0.2) is 42.6 Å². The van der Waals surface area contributed by atoms with Crippen LogP contribution in [-0.4, -0.2) is 24.4 Å². The van der Waals surface area contributed by atoms with Gasteiger partial charge in [-0.2, -0.15) is 5.10 Å². The number of fused-ring (bicyclic) bond motifs is 1. The maximum Gasteiger partial charge on any atom is 0.161 e. The number of nitrogens with zero attached hydrogens (tertiary/aromatic N) is 2. The highest BCUT2D eigenvalue weighted by molar-refractivity contribution is 5.93. The minimum atomic E-state index is 0.110. The first-order chi connectivity index (χ1) is 11.6. The number of ether oxygens (including phenoxy) is 2. The standard InChI is InChI=1S/C19H21N3O2/c1-12-7-5-6-8-15(12)13(2)21-19-16-10-18(24-4)17(23-3)9-14(16)11-20-22-19/h5-11,13H,1-4H3,(H,21,22)/t13-/m1/s1. The van der Waals surface area contributed by atoms with Gasteiger partial charge in [0.25, 0.3) is 0 Å². The minimum Gasteiger partial charge on any atom is -0.493 e. The van der Waals surface area contributed by atoms with E-state index in [1.165, 1.54) is 11.1 Å². The first kappa shape index (κ1) is 16.1. The lowest BCUT2D eigenvalue weighted by Crippen LogP contribution is -2.10. The summed E-state index contributed by atoms with van der Waals surface area (Å²) in [6, 6.07) is 12.3. The molecule has 1 aromatic heterocycles. The average molecular weight is 323 g/mol. The molecule has 0 fully saturated rings. The zero-order valence-electron chi connectivity index (χ0n) is 14.3. The normalized spacial score (nSPS) is 12.0. The van der Waals surface area contributed by atoms with Gasteiger partial charge in [0, 0.05) is 10.8 Å². The van der Waals surface area contributed by atoms with Crippen LogP contribution in [0.5, 0.6) is 11.5 Å². The summed E-state index contributed by atoms with van der Waals surface area (Å²) in [7, 11) is 3.25. The summed E-state index contributed by atoms with van der Waals surface area (Å²) in [5, 5.41) is 13.7. The summed E-state index contributed by atoms with van der Waals surface area (Å²) < 4.78 is 10.8. The molecule has 0 saturated carbocycles. The van der Waals surface area contributed by atoms with Gasteiger partial charge in [-0.15, -0.1) is 5.10 Å². The van der Waals surface area contributed by atoms with Gasteiger partial charge in [-0.1, -0.05) is 24.3 Å². The molecule has 3 rings (SSSR count). The van der Waals surface area contributed by atoms with E-state index < -0.39 is 0 Å². The van der Waals surface area contributed by atoms with Crippen LogP contribution in [0.1, 0.15) is 24.1 Å². The van der Waals surface area contributed by atoms with E-state index in [0.29, 0.717) is 11.5 Å². The molecule has 0 aliphatic rings. The van der Waals surface area contributed by atoms with Crippen LogP contribution in [0.25, 0.3) is 10.8 Å². The molecule has 24 heavy (non-hydrogen) atoms. The lowest BCUT2D eigenvalue weighted by molar-refractivity contribution is 0.356. The molecule has 2 aromatic carbocycles. The molecule has 5 nitrogen and oxygen atoms in total. The molecule has 0 unspecified atom stereocenters. The lowest BCUT2D eigenvalue weighted by Gasteiger charge is -2.18. The Hall–Kier alpha value is -2.82. The van der Waals surface area contributed by atoms with E-state index in [1.54, 1.807) is 20.4 Å². The van der Waals surface area contributed by atoms with Crippen LogP contribution in [-0.2, 0) is 0 Å². The molecule has 3 aromatic rings. The Kier molecular flexibility index (Phi) is 4.51. The fourth-order valence-electron chi connectivity index (χ4n) is 2.87. The van der Waals surface area contributed by atoms with Crippen LogP contribution < -0.4 is 14.8 Å². The van der Waals surface area contributed by atoms with Crippen molar-refractivity contribution < 1.29 is 9.47 Å². The zero-order chi connectivity index (χ0) is 17.1. The maximum absolute atomic E-state index is 5.41. The van der Waals surface area contributed by atoms with Crippen molar-refractivity contribution in [2.24, 2.45) is 0 Å². The van der Waals surface area contributed by atoms with Crippen molar-refractivity contribution in [2.75, 3.05) is 19.5 Å². The van der Waals surface area contributed by atoms with Gasteiger partial charge in [-0.05, 0) is 37.1 Å². The summed E-state index contributed by atoms with van der Waals surface area (Å²) in [5.41, 5.74) is 2.47. The molecule has 124 valence electrons. The Morgan fingerprint density at radius 1 is 1.04 bits per heavy atom. The highest BCUT2D eigenvalue weighted by Crippen LogP contribution is 2.35. The van der Waals surface area contributed by atoms with Crippen LogP contribution >= 0.6 is 0 Å². The van der Waals surface area contributed by atoms with Gasteiger partial charge in [-0.3, -0.25) is 0 Å². The first-order valence-electron chi connectivity index (χ1n) is 7.83. The zero-order valence-corrected chi connectivity index (χ0v) is 14.3. The van der Waals surface area contributed by atoms with Crippen LogP contribution in [0.4, 0.5) is 5.82 Å². The summed E-state index contributed by atoms with van der Waals surface area (Å²) in [6.07, 6.45) is 1.72. The van der Waals surface area contributed by atoms with E-state index in [1.807, 2.05) is 24.3 Å². The molecule has 0 bridgehead atoms. The van der Waals surface area contributed by atoms with Crippen LogP contribution in [0.2, 0.25) is 0 Å². The van der Waals surface area contributed by atoms with Gasteiger partial charge < -0.3 is 14.8 Å². The number of rotatable bonds is 5. The molecule has 1 atom stereocenters. The van der Waals surface area contributed by atoms with E-state index >= 15 is 0 Å². The fraction of sp³-hybridized carbons (Fsp3) is 0.263. The number of nitrogens with one attached hydrogen (secondary N) is 1. The van der Waals surface area contributed by atoms with E-state index in [0.717, 1.165) is 16.6 Å². The minimum absolute atomic E-state index is 0.110. The summed E-state index contributed by atoms with van der Waals surface area (Å²) in [6.45, 7) is 4.22. The van der Waals surface area contributed by atoms with E-state index in [2.05, 4.69) is 41.5 Å². The molecule has 0 spiro atoms. The Bertz CT molecular complexity index is 864. The average Bonchev–Trinajstić information content (AvgIpc) is 2.61. The number of hydrogen-bond acceptors (Lipinski definition) is 5. The summed E-state index contributed by atoms with van der Waals surface area (Å²) in [4.78, 5) is 0. The van der Waals surface area contributed by atoms with Crippen molar-refractivity contribution in [3.63, 3.8) is 0 Å². The van der Waals surface area contributed by atoms with E-state index in [9.17, 15) is 0 Å². The smallest absolute Gasteiger partial charge is 0.161 e. The number of benzene rings is 2. The molecule has 1 N–H and O–H groups in total. The number of aromatic nitrogens is 2. The van der Waals surface area contributed by atoms with Gasteiger partial charge in [0.1, 0.15) is 0 Å². The van der Waals surface area contributed by atoms with Crippen molar-refractivity contribution in [3.05, 3.63) is 53.7 Å². The molecule has 0 amide bonds. The highest BCUT2D eigenvalue weighted by atomic mass is 16.5. The second kappa shape index (κ2) is 6.74. The molecular formula is C19H21N3O2. The molecule has 0 aliphatic heterocycles. The van der Waals surface area contributed by atoms with Crippen molar-refractivity contribution in [1.29, 1.82) is 0 Å². The molecule has 1 heterocycles. The number of anilines is 1. The third-order valence-electron chi connectivity index (χ3n) is 4.17. The largest absolute Gasteiger partial charge is 0.493 e. The second-order valence-electron chi connectivity index (χ2n) is 5.71.